The first kappa shape index (κ1) is 13.0. The third-order valence-electron chi connectivity index (χ3n) is 3.05. The number of imidazole rings is 1. The van der Waals surface area contributed by atoms with E-state index in [0.29, 0.717) is 11.2 Å². The van der Waals surface area contributed by atoms with Crippen molar-refractivity contribution in [1.29, 1.82) is 0 Å². The number of aromatic nitrogens is 4. The molecule has 2 aromatic heterocycles. The first-order valence-corrected chi connectivity index (χ1v) is 5.85. The first-order valence-electron chi connectivity index (χ1n) is 5.85. The number of ether oxygens (including phenoxy) is 1. The van der Waals surface area contributed by atoms with Crippen LogP contribution < -0.4 is 10.6 Å². The predicted molar refractivity (Wildman–Crippen MR) is 64.1 cm³/mol. The molecule has 0 saturated carbocycles. The van der Waals surface area contributed by atoms with Crippen molar-refractivity contribution in [2.75, 3.05) is 12.3 Å². The Morgan fingerprint density at radius 3 is 2.80 bits per heavy atom. The summed E-state index contributed by atoms with van der Waals surface area (Å²) in [6.07, 6.45) is -2.07. The molecule has 0 aliphatic carbocycles. The fraction of sp³-hybridized carbons (Fsp3) is 0.500. The van der Waals surface area contributed by atoms with E-state index in [2.05, 4.69) is 15.0 Å². The fourth-order valence-corrected chi connectivity index (χ4v) is 1.97. The highest BCUT2D eigenvalue weighted by Gasteiger charge is 2.44. The molecule has 1 unspecified atom stereocenters. The molecule has 1 aliphatic heterocycles. The zero-order chi connectivity index (χ0) is 14.3. The Morgan fingerprint density at radius 2 is 2.10 bits per heavy atom. The molecule has 0 amide bonds. The number of fused-ring (bicyclic) bond motifs is 1. The summed E-state index contributed by atoms with van der Waals surface area (Å²) in [5, 5.41) is 28.4. The van der Waals surface area contributed by atoms with E-state index in [1.807, 2.05) is 0 Å². The monoisotopic (exact) mass is 283 g/mol. The molecule has 5 N–H and O–H groups in total. The highest BCUT2D eigenvalue weighted by Crippen LogP contribution is 2.21. The highest BCUT2D eigenvalue weighted by molar-refractivity contribution is 5.80. The summed E-state index contributed by atoms with van der Waals surface area (Å²) in [4.78, 5) is 17.1. The van der Waals surface area contributed by atoms with Crippen LogP contribution in [0.2, 0.25) is 0 Å². The molecule has 3 rings (SSSR count). The van der Waals surface area contributed by atoms with Crippen molar-refractivity contribution >= 4 is 17.0 Å². The van der Waals surface area contributed by atoms with Crippen molar-refractivity contribution in [3.63, 3.8) is 0 Å². The van der Waals surface area contributed by atoms with Gasteiger partial charge in [0.05, 0.1) is 6.61 Å². The second-order valence-electron chi connectivity index (χ2n) is 4.31. The molecular weight excluding hydrogens is 270 g/mol. The minimum atomic E-state index is -1.30. The van der Waals surface area contributed by atoms with Crippen LogP contribution in [0.5, 0.6) is 0 Å². The summed E-state index contributed by atoms with van der Waals surface area (Å²) >= 11 is 0. The summed E-state index contributed by atoms with van der Waals surface area (Å²) in [5.41, 5.74) is 6.28. The molecule has 0 spiro atoms. The van der Waals surface area contributed by atoms with Crippen molar-refractivity contribution in [3.8, 4) is 0 Å². The van der Waals surface area contributed by atoms with Crippen LogP contribution in [0.25, 0.3) is 11.2 Å². The van der Waals surface area contributed by atoms with E-state index < -0.39 is 31.2 Å². The van der Waals surface area contributed by atoms with Gasteiger partial charge >= 0.3 is 0 Å². The number of nitrogens with zero attached hydrogens (tertiary/aromatic N) is 4. The second-order valence-corrected chi connectivity index (χ2v) is 4.31. The lowest BCUT2D eigenvalue weighted by molar-refractivity contribution is -0.169. The van der Waals surface area contributed by atoms with Crippen molar-refractivity contribution in [1.82, 2.24) is 19.7 Å². The van der Waals surface area contributed by atoms with Crippen LogP contribution in [0.3, 0.4) is 0 Å². The number of nitrogens with two attached hydrogens (primary N) is 1. The molecular formula is C10H13N5O5. The molecule has 2 aromatic rings. The number of aliphatic hydroxyl groups excluding tert-OH is 3. The van der Waals surface area contributed by atoms with Gasteiger partial charge in [0.1, 0.15) is 31.0 Å². The third kappa shape index (κ3) is 1.94. The average Bonchev–Trinajstić information content (AvgIpc) is 2.97. The Morgan fingerprint density at radius 1 is 1.30 bits per heavy atom. The van der Waals surface area contributed by atoms with Gasteiger partial charge in [-0.1, -0.05) is 0 Å². The molecule has 4 atom stereocenters. The van der Waals surface area contributed by atoms with Gasteiger partial charge < -0.3 is 30.6 Å². The quantitative estimate of drug-likeness (QED) is 0.471. The Bertz CT molecular complexity index is 619. The average molecular weight is 283 g/mol. The van der Waals surface area contributed by atoms with E-state index in [4.69, 9.17) is 20.4 Å². The number of aliphatic hydroxyl groups is 3. The SMILES string of the molecule is Nc1ncnc2c1ncn2OC1O[C@H](CO)[C@@H](O)[C@@H]1O. The van der Waals surface area contributed by atoms with E-state index >= 15 is 0 Å². The molecule has 1 aliphatic rings. The first-order chi connectivity index (χ1) is 9.61. The van der Waals surface area contributed by atoms with Gasteiger partial charge in [0.15, 0.2) is 11.3 Å². The van der Waals surface area contributed by atoms with E-state index in [9.17, 15) is 10.2 Å². The standard InChI is InChI=1S/C10H13N5O5/c11-8-5-9(13-2-12-8)15(3-14-5)20-10-7(18)6(17)4(1-16)19-10/h2-4,6-7,10,16-18H,1H2,(H2,11,12,13)/t4-,6-,7+,10?/m1/s1. The zero-order valence-electron chi connectivity index (χ0n) is 10.2. The third-order valence-corrected chi connectivity index (χ3v) is 3.05. The topological polar surface area (TPSA) is 149 Å². The minimum Gasteiger partial charge on any atom is -0.394 e. The lowest BCUT2D eigenvalue weighted by atomic mass is 10.1. The molecule has 20 heavy (non-hydrogen) atoms. The molecule has 1 saturated heterocycles. The van der Waals surface area contributed by atoms with Gasteiger partial charge in [0, 0.05) is 0 Å². The normalized spacial score (nSPS) is 29.9. The van der Waals surface area contributed by atoms with E-state index in [0.717, 1.165) is 4.73 Å². The molecule has 108 valence electrons. The van der Waals surface area contributed by atoms with Gasteiger partial charge in [-0.05, 0) is 0 Å². The van der Waals surface area contributed by atoms with Crippen molar-refractivity contribution < 1.29 is 24.9 Å². The van der Waals surface area contributed by atoms with E-state index in [-0.39, 0.29) is 5.82 Å². The molecule has 0 radical (unpaired) electrons. The maximum absolute atomic E-state index is 9.78. The maximum Gasteiger partial charge on any atom is 0.254 e. The number of hydrogen-bond acceptors (Lipinski definition) is 9. The van der Waals surface area contributed by atoms with Crippen LogP contribution in [0.4, 0.5) is 5.82 Å². The van der Waals surface area contributed by atoms with Crippen LogP contribution in [0.1, 0.15) is 0 Å². The van der Waals surface area contributed by atoms with Crippen LogP contribution in [-0.2, 0) is 4.74 Å². The minimum absolute atomic E-state index is 0.193. The molecule has 3 heterocycles. The number of nitrogen functional groups attached to an aromatic ring is 1. The Kier molecular flexibility index (Phi) is 3.14. The van der Waals surface area contributed by atoms with Crippen LogP contribution in [0, 0.1) is 0 Å². The molecule has 0 aromatic carbocycles. The zero-order valence-corrected chi connectivity index (χ0v) is 10.2. The molecule has 1 fully saturated rings. The fourth-order valence-electron chi connectivity index (χ4n) is 1.97. The van der Waals surface area contributed by atoms with E-state index in [1.165, 1.54) is 12.7 Å². The van der Waals surface area contributed by atoms with Gasteiger partial charge in [-0.15, -0.1) is 4.73 Å². The Hall–Kier alpha value is -2.01. The highest BCUT2D eigenvalue weighted by atomic mass is 16.8. The summed E-state index contributed by atoms with van der Waals surface area (Å²) in [5.74, 6) is 0.193. The van der Waals surface area contributed by atoms with Crippen molar-refractivity contribution in [3.05, 3.63) is 12.7 Å². The van der Waals surface area contributed by atoms with Crippen LogP contribution in [-0.4, -0.2) is 66.2 Å². The largest absolute Gasteiger partial charge is 0.394 e. The van der Waals surface area contributed by atoms with Gasteiger partial charge in [-0.2, -0.15) is 0 Å². The second kappa shape index (κ2) is 4.83. The van der Waals surface area contributed by atoms with Gasteiger partial charge in [0.2, 0.25) is 5.65 Å². The number of rotatable bonds is 3. The smallest absolute Gasteiger partial charge is 0.254 e. The summed E-state index contributed by atoms with van der Waals surface area (Å²) in [6, 6.07) is 0. The van der Waals surface area contributed by atoms with Crippen LogP contribution >= 0.6 is 0 Å². The number of anilines is 1. The lowest BCUT2D eigenvalue weighted by Crippen LogP contribution is -2.38. The summed E-state index contributed by atoms with van der Waals surface area (Å²) < 4.78 is 6.35. The number of hydrogen-bond donors (Lipinski definition) is 4. The summed E-state index contributed by atoms with van der Waals surface area (Å²) in [7, 11) is 0. The Balaban J connectivity index is 1.85. The van der Waals surface area contributed by atoms with Crippen LogP contribution in [0.15, 0.2) is 12.7 Å². The van der Waals surface area contributed by atoms with Gasteiger partial charge in [0.25, 0.3) is 6.29 Å². The van der Waals surface area contributed by atoms with Crippen molar-refractivity contribution in [2.45, 2.75) is 24.6 Å². The van der Waals surface area contributed by atoms with Gasteiger partial charge in [-0.25, -0.2) is 15.0 Å². The Labute approximate surface area is 112 Å². The summed E-state index contributed by atoms with van der Waals surface area (Å²) in [6.45, 7) is -0.433. The molecule has 10 nitrogen and oxygen atoms in total. The lowest BCUT2D eigenvalue weighted by Gasteiger charge is -2.16. The molecule has 10 heteroatoms. The van der Waals surface area contributed by atoms with Crippen molar-refractivity contribution in [2.24, 2.45) is 0 Å². The van der Waals surface area contributed by atoms with E-state index in [1.54, 1.807) is 0 Å². The maximum atomic E-state index is 9.78. The van der Waals surface area contributed by atoms with Gasteiger partial charge in [-0.3, -0.25) is 0 Å². The molecule has 0 bridgehead atoms. The predicted octanol–water partition coefficient (Wildman–Crippen LogP) is -2.72.